The van der Waals surface area contributed by atoms with Gasteiger partial charge in [-0.1, -0.05) is 22.0 Å². The van der Waals surface area contributed by atoms with E-state index in [4.69, 9.17) is 0 Å². The molecule has 0 bridgehead atoms. The molecule has 0 radical (unpaired) electrons. The summed E-state index contributed by atoms with van der Waals surface area (Å²) in [6, 6.07) is 11.2. The Bertz CT molecular complexity index is 592. The number of hydrazone groups is 1. The van der Waals surface area contributed by atoms with Crippen LogP contribution in [-0.4, -0.2) is 12.1 Å². The second kappa shape index (κ2) is 5.93. The minimum absolute atomic E-state index is 0.221. The fourth-order valence-electron chi connectivity index (χ4n) is 1.37. The van der Waals surface area contributed by atoms with Gasteiger partial charge in [0.15, 0.2) is 0 Å². The second-order valence-electron chi connectivity index (χ2n) is 3.66. The van der Waals surface area contributed by atoms with Gasteiger partial charge in [-0.25, -0.2) is 5.43 Å². The van der Waals surface area contributed by atoms with Gasteiger partial charge < -0.3 is 0 Å². The molecule has 0 saturated carbocycles. The summed E-state index contributed by atoms with van der Waals surface area (Å²) in [5.41, 5.74) is 3.07. The number of aryl methyl sites for hydroxylation is 1. The number of carbonyl (C=O) groups excluding carboxylic acids is 1. The van der Waals surface area contributed by atoms with Crippen molar-refractivity contribution in [1.29, 1.82) is 0 Å². The van der Waals surface area contributed by atoms with Crippen molar-refractivity contribution < 1.29 is 4.79 Å². The highest BCUT2D eigenvalue weighted by molar-refractivity contribution is 9.10. The first kappa shape index (κ1) is 13.0. The van der Waals surface area contributed by atoms with E-state index in [1.807, 2.05) is 31.2 Å². The van der Waals surface area contributed by atoms with Crippen molar-refractivity contribution in [2.75, 3.05) is 0 Å². The SMILES string of the molecule is Cc1ccc(/C=N/NC(=O)c2cccc(Br)c2)s1. The summed E-state index contributed by atoms with van der Waals surface area (Å²) in [6.45, 7) is 2.03. The van der Waals surface area contributed by atoms with Crippen LogP contribution in [0.25, 0.3) is 0 Å². The van der Waals surface area contributed by atoms with Gasteiger partial charge in [0.2, 0.25) is 0 Å². The monoisotopic (exact) mass is 322 g/mol. The average molecular weight is 323 g/mol. The molecule has 0 fully saturated rings. The average Bonchev–Trinajstić information content (AvgIpc) is 2.75. The molecule has 1 N–H and O–H groups in total. The summed E-state index contributed by atoms with van der Waals surface area (Å²) in [4.78, 5) is 14.0. The van der Waals surface area contributed by atoms with Crippen molar-refractivity contribution in [3.63, 3.8) is 0 Å². The smallest absolute Gasteiger partial charge is 0.267 e. The van der Waals surface area contributed by atoms with Crippen LogP contribution >= 0.6 is 27.3 Å². The van der Waals surface area contributed by atoms with Crippen LogP contribution in [0, 0.1) is 6.92 Å². The number of thiophene rings is 1. The van der Waals surface area contributed by atoms with Crippen LogP contribution in [0.5, 0.6) is 0 Å². The number of hydrogen-bond acceptors (Lipinski definition) is 3. The first-order valence-corrected chi connectivity index (χ1v) is 6.91. The maximum atomic E-state index is 11.8. The number of benzene rings is 1. The molecule has 0 saturated heterocycles. The molecule has 1 heterocycles. The molecular formula is C13H11BrN2OS. The van der Waals surface area contributed by atoms with Crippen molar-refractivity contribution in [1.82, 2.24) is 5.43 Å². The normalized spacial score (nSPS) is 10.8. The highest BCUT2D eigenvalue weighted by Gasteiger charge is 2.03. The third kappa shape index (κ3) is 3.51. The number of amides is 1. The molecule has 1 aromatic carbocycles. The highest BCUT2D eigenvalue weighted by atomic mass is 79.9. The Labute approximate surface area is 118 Å². The molecule has 1 amide bonds. The molecule has 0 aliphatic carbocycles. The molecule has 1 aromatic heterocycles. The Morgan fingerprint density at radius 1 is 1.39 bits per heavy atom. The number of hydrogen-bond donors (Lipinski definition) is 1. The van der Waals surface area contributed by atoms with E-state index in [0.717, 1.165) is 9.35 Å². The number of nitrogens with zero attached hydrogens (tertiary/aromatic N) is 1. The molecule has 0 unspecified atom stereocenters. The van der Waals surface area contributed by atoms with Crippen LogP contribution < -0.4 is 5.43 Å². The third-order valence-electron chi connectivity index (χ3n) is 2.21. The molecule has 18 heavy (non-hydrogen) atoms. The lowest BCUT2D eigenvalue weighted by molar-refractivity contribution is 0.0955. The topological polar surface area (TPSA) is 41.5 Å². The molecule has 5 heteroatoms. The second-order valence-corrected chi connectivity index (χ2v) is 5.89. The molecule has 92 valence electrons. The number of carbonyl (C=O) groups is 1. The van der Waals surface area contributed by atoms with Crippen molar-refractivity contribution in [2.24, 2.45) is 5.10 Å². The van der Waals surface area contributed by atoms with Gasteiger partial charge in [0.05, 0.1) is 6.21 Å². The van der Waals surface area contributed by atoms with E-state index in [9.17, 15) is 4.79 Å². The van der Waals surface area contributed by atoms with E-state index in [1.165, 1.54) is 4.88 Å². The zero-order valence-corrected chi connectivity index (χ0v) is 12.1. The van der Waals surface area contributed by atoms with Crippen LogP contribution in [0.3, 0.4) is 0 Å². The maximum Gasteiger partial charge on any atom is 0.271 e. The summed E-state index contributed by atoms with van der Waals surface area (Å²) >= 11 is 4.95. The summed E-state index contributed by atoms with van der Waals surface area (Å²) < 4.78 is 0.869. The zero-order chi connectivity index (χ0) is 13.0. The molecular weight excluding hydrogens is 312 g/mol. The van der Waals surface area contributed by atoms with E-state index < -0.39 is 0 Å². The highest BCUT2D eigenvalue weighted by Crippen LogP contribution is 2.13. The predicted molar refractivity (Wildman–Crippen MR) is 78.3 cm³/mol. The van der Waals surface area contributed by atoms with E-state index in [0.29, 0.717) is 5.56 Å². The fourth-order valence-corrected chi connectivity index (χ4v) is 2.52. The Morgan fingerprint density at radius 2 is 2.22 bits per heavy atom. The lowest BCUT2D eigenvalue weighted by Gasteiger charge is -1.99. The van der Waals surface area contributed by atoms with Crippen molar-refractivity contribution in [2.45, 2.75) is 6.92 Å². The summed E-state index contributed by atoms with van der Waals surface area (Å²) in [6.07, 6.45) is 1.65. The Kier molecular flexibility index (Phi) is 4.28. The van der Waals surface area contributed by atoms with E-state index in [-0.39, 0.29) is 5.91 Å². The molecule has 0 aliphatic heterocycles. The predicted octanol–water partition coefficient (Wildman–Crippen LogP) is 3.58. The molecule has 0 atom stereocenters. The standard InChI is InChI=1S/C13H11BrN2OS/c1-9-5-6-12(18-9)8-15-16-13(17)10-3-2-4-11(14)7-10/h2-8H,1H3,(H,16,17)/b15-8+. The van der Waals surface area contributed by atoms with Gasteiger partial charge in [-0.15, -0.1) is 11.3 Å². The van der Waals surface area contributed by atoms with Crippen LogP contribution in [0.15, 0.2) is 46.0 Å². The Hall–Kier alpha value is -1.46. The van der Waals surface area contributed by atoms with E-state index >= 15 is 0 Å². The van der Waals surface area contributed by atoms with Crippen LogP contribution in [-0.2, 0) is 0 Å². The summed E-state index contributed by atoms with van der Waals surface area (Å²) in [7, 11) is 0. The van der Waals surface area contributed by atoms with Crippen molar-refractivity contribution in [3.8, 4) is 0 Å². The lowest BCUT2D eigenvalue weighted by atomic mass is 10.2. The minimum atomic E-state index is -0.221. The molecule has 3 nitrogen and oxygen atoms in total. The lowest BCUT2D eigenvalue weighted by Crippen LogP contribution is -2.17. The first-order chi connectivity index (χ1) is 8.65. The van der Waals surface area contributed by atoms with Crippen molar-refractivity contribution >= 4 is 39.4 Å². The third-order valence-corrected chi connectivity index (χ3v) is 3.63. The van der Waals surface area contributed by atoms with Crippen LogP contribution in [0.2, 0.25) is 0 Å². The molecule has 2 rings (SSSR count). The van der Waals surface area contributed by atoms with Crippen LogP contribution in [0.4, 0.5) is 0 Å². The minimum Gasteiger partial charge on any atom is -0.267 e. The fraction of sp³-hybridized carbons (Fsp3) is 0.0769. The van der Waals surface area contributed by atoms with Gasteiger partial charge in [0.25, 0.3) is 5.91 Å². The largest absolute Gasteiger partial charge is 0.271 e. The van der Waals surface area contributed by atoms with E-state index in [1.54, 1.807) is 29.7 Å². The summed E-state index contributed by atoms with van der Waals surface area (Å²) in [5.74, 6) is -0.221. The number of halogens is 1. The Balaban J connectivity index is 1.98. The van der Waals surface area contributed by atoms with Crippen LogP contribution in [0.1, 0.15) is 20.1 Å². The van der Waals surface area contributed by atoms with Crippen molar-refractivity contribution in [3.05, 3.63) is 56.2 Å². The first-order valence-electron chi connectivity index (χ1n) is 5.30. The van der Waals surface area contributed by atoms with Gasteiger partial charge in [0.1, 0.15) is 0 Å². The van der Waals surface area contributed by atoms with Gasteiger partial charge in [0, 0.05) is 19.8 Å². The summed E-state index contributed by atoms with van der Waals surface area (Å²) in [5, 5.41) is 3.93. The van der Waals surface area contributed by atoms with Gasteiger partial charge in [-0.05, 0) is 37.3 Å². The quantitative estimate of drug-likeness (QED) is 0.681. The molecule has 2 aromatic rings. The molecule has 0 spiro atoms. The van der Waals surface area contributed by atoms with E-state index in [2.05, 4.69) is 26.5 Å². The van der Waals surface area contributed by atoms with Gasteiger partial charge in [-0.3, -0.25) is 4.79 Å². The number of nitrogens with one attached hydrogen (secondary N) is 1. The number of rotatable bonds is 3. The zero-order valence-electron chi connectivity index (χ0n) is 9.68. The maximum absolute atomic E-state index is 11.8. The molecule has 0 aliphatic rings. The Morgan fingerprint density at radius 3 is 2.89 bits per heavy atom. The van der Waals surface area contributed by atoms with Gasteiger partial charge >= 0.3 is 0 Å². The van der Waals surface area contributed by atoms with Gasteiger partial charge in [-0.2, -0.15) is 5.10 Å².